The number of nitrogens with two attached hydrogens (primary N) is 1. The zero-order chi connectivity index (χ0) is 22.2. The van der Waals surface area contributed by atoms with E-state index in [4.69, 9.17) is 10.5 Å². The largest absolute Gasteiger partial charge is 0.457 e. The lowest BCUT2D eigenvalue weighted by molar-refractivity contribution is -0.116. The lowest BCUT2D eigenvalue weighted by Crippen LogP contribution is -2.20. The average molecular weight is 446 g/mol. The minimum Gasteiger partial charge on any atom is -0.457 e. The van der Waals surface area contributed by atoms with Crippen LogP contribution in [0, 0.1) is 0 Å². The summed E-state index contributed by atoms with van der Waals surface area (Å²) in [7, 11) is 0. The van der Waals surface area contributed by atoms with E-state index in [0.29, 0.717) is 16.6 Å². The summed E-state index contributed by atoms with van der Waals surface area (Å²) in [6.07, 6.45) is 0.891. The molecule has 0 saturated heterocycles. The number of nitrogens with one attached hydrogen (secondary N) is 1. The van der Waals surface area contributed by atoms with Gasteiger partial charge in [-0.3, -0.25) is 9.36 Å². The van der Waals surface area contributed by atoms with Crippen LogP contribution in [0.4, 0.5) is 11.6 Å². The minimum absolute atomic E-state index is 0.0365. The first-order valence-electron chi connectivity index (χ1n) is 10.2. The SMILES string of the molecule is Nc1nnc(SCCc2ccccc2)n1CC(=O)Nc1ccc(Oc2ccccc2)cc1. The summed E-state index contributed by atoms with van der Waals surface area (Å²) in [5, 5.41) is 11.5. The van der Waals surface area contributed by atoms with Gasteiger partial charge in [0.05, 0.1) is 0 Å². The van der Waals surface area contributed by atoms with Gasteiger partial charge in [-0.15, -0.1) is 10.2 Å². The van der Waals surface area contributed by atoms with Crippen LogP contribution in [-0.2, 0) is 17.8 Å². The van der Waals surface area contributed by atoms with Gasteiger partial charge in [-0.05, 0) is 48.4 Å². The fraction of sp³-hybridized carbons (Fsp3) is 0.125. The van der Waals surface area contributed by atoms with Crippen LogP contribution in [-0.4, -0.2) is 26.4 Å². The van der Waals surface area contributed by atoms with Crippen molar-refractivity contribution in [1.82, 2.24) is 14.8 Å². The Balaban J connectivity index is 1.31. The van der Waals surface area contributed by atoms with Crippen LogP contribution in [0.15, 0.2) is 90.1 Å². The molecule has 0 fully saturated rings. The van der Waals surface area contributed by atoms with Gasteiger partial charge in [0.2, 0.25) is 11.9 Å². The summed E-state index contributed by atoms with van der Waals surface area (Å²) in [6, 6.07) is 26.9. The van der Waals surface area contributed by atoms with Crippen LogP contribution in [0.1, 0.15) is 5.56 Å². The number of nitrogens with zero attached hydrogens (tertiary/aromatic N) is 3. The van der Waals surface area contributed by atoms with Gasteiger partial charge in [-0.2, -0.15) is 0 Å². The highest BCUT2D eigenvalue weighted by molar-refractivity contribution is 7.99. The summed E-state index contributed by atoms with van der Waals surface area (Å²) in [6.45, 7) is 0.0365. The zero-order valence-corrected chi connectivity index (χ0v) is 18.2. The molecule has 7 nitrogen and oxygen atoms in total. The number of aryl methyl sites for hydroxylation is 1. The number of benzene rings is 3. The van der Waals surface area contributed by atoms with Crippen molar-refractivity contribution in [3.05, 3.63) is 90.5 Å². The molecule has 1 amide bonds. The second-order valence-electron chi connectivity index (χ2n) is 7.00. The van der Waals surface area contributed by atoms with Crippen LogP contribution in [0.5, 0.6) is 11.5 Å². The Morgan fingerprint density at radius 1 is 0.906 bits per heavy atom. The average Bonchev–Trinajstić information content (AvgIpc) is 3.15. The van der Waals surface area contributed by atoms with Crippen molar-refractivity contribution in [3.8, 4) is 11.5 Å². The molecular weight excluding hydrogens is 422 g/mol. The van der Waals surface area contributed by atoms with E-state index in [-0.39, 0.29) is 18.4 Å². The fourth-order valence-corrected chi connectivity index (χ4v) is 3.97. The van der Waals surface area contributed by atoms with E-state index in [1.165, 1.54) is 17.3 Å². The van der Waals surface area contributed by atoms with E-state index in [0.717, 1.165) is 17.9 Å². The Kier molecular flexibility index (Phi) is 7.04. The Bertz CT molecular complexity index is 1150. The van der Waals surface area contributed by atoms with E-state index in [1.807, 2.05) is 48.5 Å². The molecule has 4 rings (SSSR count). The smallest absolute Gasteiger partial charge is 0.244 e. The molecule has 3 aromatic carbocycles. The number of hydrogen-bond acceptors (Lipinski definition) is 6. The summed E-state index contributed by atoms with van der Waals surface area (Å²) in [5.74, 6) is 2.26. The molecule has 1 aromatic heterocycles. The van der Waals surface area contributed by atoms with E-state index >= 15 is 0 Å². The molecule has 0 bridgehead atoms. The highest BCUT2D eigenvalue weighted by Crippen LogP contribution is 2.23. The standard InChI is InChI=1S/C24H23N5O2S/c25-23-27-28-24(32-16-15-18-7-3-1-4-8-18)29(23)17-22(30)26-19-11-13-21(14-12-19)31-20-9-5-2-6-10-20/h1-14H,15-17H2,(H2,25,27)(H,26,30). The molecule has 162 valence electrons. The molecule has 3 N–H and O–H groups in total. The number of para-hydroxylation sites is 1. The number of hydrogen-bond donors (Lipinski definition) is 2. The summed E-state index contributed by atoms with van der Waals surface area (Å²) >= 11 is 1.53. The number of carbonyl (C=O) groups is 1. The second-order valence-corrected chi connectivity index (χ2v) is 8.06. The Morgan fingerprint density at radius 2 is 1.56 bits per heavy atom. The maximum absolute atomic E-state index is 12.6. The van der Waals surface area contributed by atoms with E-state index < -0.39 is 0 Å². The van der Waals surface area contributed by atoms with Crippen molar-refractivity contribution in [3.63, 3.8) is 0 Å². The van der Waals surface area contributed by atoms with Crippen LogP contribution in [0.3, 0.4) is 0 Å². The van der Waals surface area contributed by atoms with Crippen molar-refractivity contribution in [2.24, 2.45) is 0 Å². The predicted molar refractivity (Wildman–Crippen MR) is 127 cm³/mol. The van der Waals surface area contributed by atoms with Crippen molar-refractivity contribution >= 4 is 29.3 Å². The molecule has 0 saturated carbocycles. The Hall–Kier alpha value is -3.78. The first-order valence-corrected chi connectivity index (χ1v) is 11.1. The lowest BCUT2D eigenvalue weighted by Gasteiger charge is -2.10. The van der Waals surface area contributed by atoms with Crippen molar-refractivity contribution in [1.29, 1.82) is 0 Å². The van der Waals surface area contributed by atoms with Crippen LogP contribution < -0.4 is 15.8 Å². The number of rotatable bonds is 9. The molecule has 8 heteroatoms. The maximum atomic E-state index is 12.6. The van der Waals surface area contributed by atoms with Crippen molar-refractivity contribution in [2.75, 3.05) is 16.8 Å². The lowest BCUT2D eigenvalue weighted by atomic mass is 10.2. The van der Waals surface area contributed by atoms with Gasteiger partial charge in [0.15, 0.2) is 5.16 Å². The number of carbonyl (C=O) groups excluding carboxylic acids is 1. The second kappa shape index (κ2) is 10.5. The molecule has 0 aliphatic rings. The topological polar surface area (TPSA) is 95.1 Å². The van der Waals surface area contributed by atoms with Gasteiger partial charge in [0.25, 0.3) is 0 Å². The molecule has 0 unspecified atom stereocenters. The molecule has 0 radical (unpaired) electrons. The van der Waals surface area contributed by atoms with E-state index in [9.17, 15) is 4.79 Å². The zero-order valence-electron chi connectivity index (χ0n) is 17.3. The number of nitrogen functional groups attached to an aromatic ring is 1. The monoisotopic (exact) mass is 445 g/mol. The quantitative estimate of drug-likeness (QED) is 0.365. The number of anilines is 2. The Morgan fingerprint density at radius 3 is 2.28 bits per heavy atom. The first-order chi connectivity index (χ1) is 15.7. The van der Waals surface area contributed by atoms with Crippen LogP contribution >= 0.6 is 11.8 Å². The number of thioether (sulfide) groups is 1. The highest BCUT2D eigenvalue weighted by atomic mass is 32.2. The third-order valence-corrected chi connectivity index (χ3v) is 5.60. The van der Waals surface area contributed by atoms with Gasteiger partial charge in [-0.1, -0.05) is 60.3 Å². The summed E-state index contributed by atoms with van der Waals surface area (Å²) in [5.41, 5.74) is 7.85. The molecule has 0 aliphatic carbocycles. The third-order valence-electron chi connectivity index (χ3n) is 4.63. The molecule has 0 aliphatic heterocycles. The summed E-state index contributed by atoms with van der Waals surface area (Å²) in [4.78, 5) is 12.6. The molecule has 1 heterocycles. The normalized spacial score (nSPS) is 10.6. The van der Waals surface area contributed by atoms with Crippen molar-refractivity contribution < 1.29 is 9.53 Å². The van der Waals surface area contributed by atoms with E-state index in [1.54, 1.807) is 28.8 Å². The molecular formula is C24H23N5O2S. The van der Waals surface area contributed by atoms with Gasteiger partial charge in [0.1, 0.15) is 18.0 Å². The minimum atomic E-state index is -0.210. The Labute approximate surface area is 190 Å². The maximum Gasteiger partial charge on any atom is 0.244 e. The highest BCUT2D eigenvalue weighted by Gasteiger charge is 2.14. The number of ether oxygens (including phenoxy) is 1. The summed E-state index contributed by atoms with van der Waals surface area (Å²) < 4.78 is 7.39. The predicted octanol–water partition coefficient (Wildman–Crippen LogP) is 4.63. The van der Waals surface area contributed by atoms with E-state index in [2.05, 4.69) is 27.6 Å². The van der Waals surface area contributed by atoms with Gasteiger partial charge < -0.3 is 15.8 Å². The molecule has 0 atom stereocenters. The number of amides is 1. The number of aromatic nitrogens is 3. The van der Waals surface area contributed by atoms with Gasteiger partial charge in [0, 0.05) is 11.4 Å². The van der Waals surface area contributed by atoms with Crippen LogP contribution in [0.25, 0.3) is 0 Å². The first kappa shape index (κ1) is 21.5. The van der Waals surface area contributed by atoms with Crippen molar-refractivity contribution in [2.45, 2.75) is 18.1 Å². The van der Waals surface area contributed by atoms with Gasteiger partial charge >= 0.3 is 0 Å². The van der Waals surface area contributed by atoms with Crippen LogP contribution in [0.2, 0.25) is 0 Å². The molecule has 0 spiro atoms. The molecule has 32 heavy (non-hydrogen) atoms. The third kappa shape index (κ3) is 5.89. The van der Waals surface area contributed by atoms with Gasteiger partial charge in [-0.25, -0.2) is 0 Å². The fourth-order valence-electron chi connectivity index (χ4n) is 3.04. The molecule has 4 aromatic rings.